The molecule has 9 heteroatoms. The number of aromatic nitrogens is 2. The molecule has 0 saturated heterocycles. The summed E-state index contributed by atoms with van der Waals surface area (Å²) in [4.78, 5) is 23.4. The molecular weight excluding hydrogens is 363 g/mol. The fourth-order valence-corrected chi connectivity index (χ4v) is 2.33. The van der Waals surface area contributed by atoms with E-state index in [1.807, 2.05) is 20.8 Å². The number of hydrogen-bond donors (Lipinski definition) is 2. The number of amides is 1. The second-order valence-electron chi connectivity index (χ2n) is 7.25. The molecule has 2 aromatic rings. The number of aromatic carboxylic acids is 1. The average molecular weight is 383 g/mol. The second kappa shape index (κ2) is 7.05. The van der Waals surface area contributed by atoms with E-state index in [1.165, 1.54) is 24.3 Å². The number of carboxylic acids is 1. The summed E-state index contributed by atoms with van der Waals surface area (Å²) in [6.45, 7) is 7.47. The standard InChI is InChI=1S/C18H20F3N3O3/c1-10(17(2,3)4)15(25)23-11-6-5-7-12(8-11)24-14(18(19,20)21)13(9-22-24)16(26)27/h5-10H,1-4H3,(H,23,25)(H,26,27). The third kappa shape index (κ3) is 4.47. The Bertz CT molecular complexity index is 867. The normalized spacial score (nSPS) is 13.3. The van der Waals surface area contributed by atoms with Crippen molar-refractivity contribution in [3.8, 4) is 5.69 Å². The molecule has 27 heavy (non-hydrogen) atoms. The first-order valence-corrected chi connectivity index (χ1v) is 8.12. The van der Waals surface area contributed by atoms with Crippen LogP contribution >= 0.6 is 0 Å². The lowest BCUT2D eigenvalue weighted by molar-refractivity contribution is -0.143. The van der Waals surface area contributed by atoms with E-state index >= 15 is 0 Å². The van der Waals surface area contributed by atoms with Crippen LogP contribution in [0.15, 0.2) is 30.5 Å². The molecule has 1 heterocycles. The van der Waals surface area contributed by atoms with Crippen LogP contribution in [0.3, 0.4) is 0 Å². The summed E-state index contributed by atoms with van der Waals surface area (Å²) in [7, 11) is 0. The van der Waals surface area contributed by atoms with Gasteiger partial charge >= 0.3 is 12.1 Å². The number of anilines is 1. The molecule has 2 N–H and O–H groups in total. The lowest BCUT2D eigenvalue weighted by Crippen LogP contribution is -2.30. The summed E-state index contributed by atoms with van der Waals surface area (Å²) in [5.41, 5.74) is -2.35. The van der Waals surface area contributed by atoms with Crippen LogP contribution < -0.4 is 5.32 Å². The first-order valence-electron chi connectivity index (χ1n) is 8.12. The topological polar surface area (TPSA) is 84.2 Å². The Balaban J connectivity index is 2.42. The number of nitrogens with zero attached hydrogens (tertiary/aromatic N) is 2. The van der Waals surface area contributed by atoms with Gasteiger partial charge in [0.1, 0.15) is 5.56 Å². The zero-order valence-corrected chi connectivity index (χ0v) is 15.3. The summed E-state index contributed by atoms with van der Waals surface area (Å²) in [6.07, 6.45) is -4.26. The Morgan fingerprint density at radius 2 is 1.85 bits per heavy atom. The van der Waals surface area contributed by atoms with Crippen LogP contribution in [-0.4, -0.2) is 26.8 Å². The predicted octanol–water partition coefficient (Wildman–Crippen LogP) is 4.21. The van der Waals surface area contributed by atoms with Crippen LogP contribution in [-0.2, 0) is 11.0 Å². The van der Waals surface area contributed by atoms with Gasteiger partial charge in [0.15, 0.2) is 5.69 Å². The Hall–Kier alpha value is -2.84. The first kappa shape index (κ1) is 20.5. The number of benzene rings is 1. The van der Waals surface area contributed by atoms with E-state index in [-0.39, 0.29) is 28.6 Å². The van der Waals surface area contributed by atoms with Crippen molar-refractivity contribution in [2.75, 3.05) is 5.32 Å². The van der Waals surface area contributed by atoms with Gasteiger partial charge in [0.2, 0.25) is 5.91 Å². The van der Waals surface area contributed by atoms with Gasteiger partial charge in [0.25, 0.3) is 0 Å². The lowest BCUT2D eigenvalue weighted by Gasteiger charge is -2.26. The molecule has 1 atom stereocenters. The van der Waals surface area contributed by atoms with Gasteiger partial charge in [-0.2, -0.15) is 18.3 Å². The van der Waals surface area contributed by atoms with Gasteiger partial charge in [0, 0.05) is 11.6 Å². The molecule has 1 unspecified atom stereocenters. The van der Waals surface area contributed by atoms with E-state index in [1.54, 1.807) is 6.92 Å². The number of carboxylic acid groups (broad SMARTS) is 1. The molecule has 6 nitrogen and oxygen atoms in total. The maximum Gasteiger partial charge on any atom is 0.434 e. The molecule has 1 aromatic heterocycles. The van der Waals surface area contributed by atoms with Gasteiger partial charge in [-0.25, -0.2) is 9.48 Å². The third-order valence-corrected chi connectivity index (χ3v) is 4.32. The number of hydrogen-bond acceptors (Lipinski definition) is 3. The van der Waals surface area contributed by atoms with Crippen molar-refractivity contribution in [2.45, 2.75) is 33.9 Å². The largest absolute Gasteiger partial charge is 0.478 e. The number of alkyl halides is 3. The average Bonchev–Trinajstić information content (AvgIpc) is 2.99. The van der Waals surface area contributed by atoms with E-state index in [4.69, 9.17) is 5.11 Å². The van der Waals surface area contributed by atoms with Gasteiger partial charge < -0.3 is 10.4 Å². The van der Waals surface area contributed by atoms with Gasteiger partial charge in [-0.1, -0.05) is 33.8 Å². The number of carbonyl (C=O) groups excluding carboxylic acids is 1. The highest BCUT2D eigenvalue weighted by atomic mass is 19.4. The molecule has 1 aromatic carbocycles. The molecule has 0 saturated carbocycles. The Morgan fingerprint density at radius 3 is 2.37 bits per heavy atom. The van der Waals surface area contributed by atoms with Crippen LogP contribution in [0.2, 0.25) is 0 Å². The summed E-state index contributed by atoms with van der Waals surface area (Å²) < 4.78 is 40.5. The van der Waals surface area contributed by atoms with Crippen LogP contribution in [0.25, 0.3) is 5.69 Å². The molecule has 0 aliphatic heterocycles. The molecule has 146 valence electrons. The zero-order valence-electron chi connectivity index (χ0n) is 15.3. The fourth-order valence-electron chi connectivity index (χ4n) is 2.33. The van der Waals surface area contributed by atoms with Crippen molar-refractivity contribution in [1.29, 1.82) is 0 Å². The van der Waals surface area contributed by atoms with E-state index in [0.717, 1.165) is 0 Å². The molecule has 0 spiro atoms. The van der Waals surface area contributed by atoms with Crippen molar-refractivity contribution in [3.63, 3.8) is 0 Å². The molecule has 0 fully saturated rings. The molecule has 0 aliphatic carbocycles. The van der Waals surface area contributed by atoms with Gasteiger partial charge in [-0.05, 0) is 23.6 Å². The molecule has 0 aliphatic rings. The number of carbonyl (C=O) groups is 2. The third-order valence-electron chi connectivity index (χ3n) is 4.32. The summed E-state index contributed by atoms with van der Waals surface area (Å²) in [5.74, 6) is -2.34. The molecular formula is C18H20F3N3O3. The van der Waals surface area contributed by atoms with Crippen molar-refractivity contribution >= 4 is 17.6 Å². The van der Waals surface area contributed by atoms with E-state index < -0.39 is 23.4 Å². The lowest BCUT2D eigenvalue weighted by atomic mass is 9.81. The van der Waals surface area contributed by atoms with E-state index in [0.29, 0.717) is 10.9 Å². The fraction of sp³-hybridized carbons (Fsp3) is 0.389. The van der Waals surface area contributed by atoms with Crippen molar-refractivity contribution in [3.05, 3.63) is 41.7 Å². The van der Waals surface area contributed by atoms with Crippen molar-refractivity contribution < 1.29 is 27.9 Å². The van der Waals surface area contributed by atoms with Gasteiger partial charge in [0.05, 0.1) is 11.9 Å². The van der Waals surface area contributed by atoms with Crippen LogP contribution in [0.4, 0.5) is 18.9 Å². The van der Waals surface area contributed by atoms with Gasteiger partial charge in [-0.3, -0.25) is 4.79 Å². The Labute approximate surface area is 154 Å². The summed E-state index contributed by atoms with van der Waals surface area (Å²) >= 11 is 0. The van der Waals surface area contributed by atoms with E-state index in [9.17, 15) is 22.8 Å². The minimum Gasteiger partial charge on any atom is -0.478 e. The smallest absolute Gasteiger partial charge is 0.434 e. The molecule has 2 rings (SSSR count). The zero-order chi connectivity index (χ0) is 20.6. The van der Waals surface area contributed by atoms with Crippen LogP contribution in [0.1, 0.15) is 43.7 Å². The minimum atomic E-state index is -4.91. The predicted molar refractivity (Wildman–Crippen MR) is 92.8 cm³/mol. The van der Waals surface area contributed by atoms with Crippen LogP contribution in [0, 0.1) is 11.3 Å². The van der Waals surface area contributed by atoms with Gasteiger partial charge in [-0.15, -0.1) is 0 Å². The maximum atomic E-state index is 13.3. The molecule has 0 bridgehead atoms. The first-order chi connectivity index (χ1) is 12.3. The van der Waals surface area contributed by atoms with Crippen molar-refractivity contribution in [1.82, 2.24) is 9.78 Å². The van der Waals surface area contributed by atoms with Crippen LogP contribution in [0.5, 0.6) is 0 Å². The number of halogens is 3. The van der Waals surface area contributed by atoms with E-state index in [2.05, 4.69) is 10.4 Å². The minimum absolute atomic E-state index is 0.0176. The monoisotopic (exact) mass is 383 g/mol. The number of nitrogens with one attached hydrogen (secondary N) is 1. The maximum absolute atomic E-state index is 13.3. The Kier molecular flexibility index (Phi) is 5.35. The highest BCUT2D eigenvalue weighted by molar-refractivity contribution is 5.93. The second-order valence-corrected chi connectivity index (χ2v) is 7.25. The summed E-state index contributed by atoms with van der Waals surface area (Å²) in [6, 6.07) is 5.64. The highest BCUT2D eigenvalue weighted by Crippen LogP contribution is 2.34. The SMILES string of the molecule is CC(C(=O)Nc1cccc(-n2ncc(C(=O)O)c2C(F)(F)F)c1)C(C)(C)C. The quantitative estimate of drug-likeness (QED) is 0.828. The Morgan fingerprint density at radius 1 is 1.22 bits per heavy atom. The number of rotatable bonds is 4. The molecule has 1 amide bonds. The highest BCUT2D eigenvalue weighted by Gasteiger charge is 2.40. The molecule has 0 radical (unpaired) electrons. The van der Waals surface area contributed by atoms with Crippen molar-refractivity contribution in [2.24, 2.45) is 11.3 Å². The summed E-state index contributed by atoms with van der Waals surface area (Å²) in [5, 5.41) is 15.2.